The van der Waals surface area contributed by atoms with Crippen molar-refractivity contribution < 1.29 is 95.2 Å². The number of carbonyl (C=O) groups excluding carboxylic acids is 8. The summed E-state index contributed by atoms with van der Waals surface area (Å²) in [7, 11) is 1.07. The first kappa shape index (κ1) is 62.7. The molecule has 1 aliphatic rings. The number of halogens is 1. The van der Waals surface area contributed by atoms with Crippen LogP contribution in [0.5, 0.6) is 0 Å². The van der Waals surface area contributed by atoms with Gasteiger partial charge in [0.15, 0.2) is 12.2 Å². The summed E-state index contributed by atoms with van der Waals surface area (Å²) >= 11 is 6.07. The molecule has 0 saturated carbocycles. The zero-order chi connectivity index (χ0) is 53.5. The van der Waals surface area contributed by atoms with Gasteiger partial charge in [-0.2, -0.15) is 0 Å². The van der Waals surface area contributed by atoms with Crippen molar-refractivity contribution in [3.05, 3.63) is 34.9 Å². The van der Waals surface area contributed by atoms with Crippen LogP contribution in [-0.2, 0) is 80.8 Å². The number of ether oxygens (including phenoxy) is 12. The molecule has 0 spiro atoms. The van der Waals surface area contributed by atoms with Crippen LogP contribution in [0, 0.1) is 0 Å². The number of esters is 4. The Bertz CT molecular complexity index is 1870. The highest BCUT2D eigenvalue weighted by Gasteiger charge is 2.59. The molecule has 1 aromatic carbocycles. The summed E-state index contributed by atoms with van der Waals surface area (Å²) in [6, 6.07) is 4.67. The number of carbonyl (C=O) groups is 8. The molecule has 1 heterocycles. The Balaban J connectivity index is 1.86. The van der Waals surface area contributed by atoms with E-state index in [0.29, 0.717) is 85.0 Å². The molecule has 25 heteroatoms. The minimum atomic E-state index is -2.32. The van der Waals surface area contributed by atoms with Crippen LogP contribution in [0.4, 0.5) is 9.59 Å². The van der Waals surface area contributed by atoms with E-state index in [-0.39, 0.29) is 30.4 Å². The number of methoxy groups -OCH3 is 1. The van der Waals surface area contributed by atoms with Crippen LogP contribution >= 0.6 is 11.6 Å². The second-order valence-electron chi connectivity index (χ2n) is 17.1. The van der Waals surface area contributed by atoms with Gasteiger partial charge in [0.25, 0.3) is 11.7 Å². The third-order valence-corrected chi connectivity index (χ3v) is 10.00. The van der Waals surface area contributed by atoms with E-state index in [2.05, 4.69) is 21.3 Å². The van der Waals surface area contributed by atoms with Crippen LogP contribution in [0.2, 0.25) is 5.02 Å². The zero-order valence-electron chi connectivity index (χ0n) is 42.5. The second kappa shape index (κ2) is 34.1. The van der Waals surface area contributed by atoms with Gasteiger partial charge in [-0.1, -0.05) is 30.5 Å². The van der Waals surface area contributed by atoms with Gasteiger partial charge in [-0.3, -0.25) is 24.0 Å². The molecule has 72 heavy (non-hydrogen) atoms. The number of alkyl carbamates (subject to hydrolysis) is 2. The second-order valence-corrected chi connectivity index (χ2v) is 17.5. The summed E-state index contributed by atoms with van der Waals surface area (Å²) in [6.07, 6.45) is -5.69. The molecule has 0 aliphatic carbocycles. The molecule has 408 valence electrons. The Hall–Kier alpha value is -5.37. The molecule has 1 aromatic rings. The summed E-state index contributed by atoms with van der Waals surface area (Å²) in [5.41, 5.74) is -0.405. The Morgan fingerprint density at radius 1 is 0.722 bits per heavy atom. The molecular weight excluding hydrogens is 976 g/mol. The molecule has 4 amide bonds. The lowest BCUT2D eigenvalue weighted by molar-refractivity contribution is -0.313. The van der Waals surface area contributed by atoms with E-state index in [0.717, 1.165) is 27.9 Å². The van der Waals surface area contributed by atoms with E-state index in [1.54, 1.807) is 32.9 Å². The standard InChI is InChI=1S/C47H73ClN4O20/c1-31(53)52-39-37(68-32(2)54)29-47(43(58)61-8,71-41(39)40(70-34(4)56)38(69-33(3)55)30-51-42(57)35-14-13-15-36(48)28-35)67-18-12-10-9-11-16-49-44(59)66-27-26-65-25-24-64-23-22-63-21-20-62-19-17-50-45(60)72-46(5,6)7/h13-15,28,37-41H,9-12,16-27,29-30H2,1-8H3,(H,49,59)(H,50,60)(H,51,57)(H,52,53)/t37-,38+,39+,40+,41+,47+/m0/s1. The van der Waals surface area contributed by atoms with Crippen LogP contribution < -0.4 is 21.3 Å². The summed E-state index contributed by atoms with van der Waals surface area (Å²) in [4.78, 5) is 101. The van der Waals surface area contributed by atoms with E-state index in [1.807, 2.05) is 0 Å². The molecular formula is C47H73ClN4O20. The van der Waals surface area contributed by atoms with Crippen molar-refractivity contribution in [2.24, 2.45) is 0 Å². The lowest BCUT2D eigenvalue weighted by Crippen LogP contribution is -2.69. The lowest BCUT2D eigenvalue weighted by Gasteiger charge is -2.48. The highest BCUT2D eigenvalue weighted by molar-refractivity contribution is 6.31. The summed E-state index contributed by atoms with van der Waals surface area (Å²) < 4.78 is 66.4. The van der Waals surface area contributed by atoms with Crippen molar-refractivity contribution >= 4 is 59.5 Å². The number of benzene rings is 1. The van der Waals surface area contributed by atoms with Crippen LogP contribution in [0.15, 0.2) is 24.3 Å². The van der Waals surface area contributed by atoms with Crippen LogP contribution in [0.1, 0.15) is 90.9 Å². The van der Waals surface area contributed by atoms with Crippen LogP contribution in [0.25, 0.3) is 0 Å². The molecule has 1 fully saturated rings. The van der Waals surface area contributed by atoms with Gasteiger partial charge in [-0.25, -0.2) is 14.4 Å². The fourth-order valence-electron chi connectivity index (χ4n) is 6.86. The van der Waals surface area contributed by atoms with Crippen LogP contribution in [0.3, 0.4) is 0 Å². The fourth-order valence-corrected chi connectivity index (χ4v) is 7.05. The third kappa shape index (κ3) is 26.4. The SMILES string of the molecule is COC(=O)[C@@]1(OCCCCCCNC(=O)OCCOCCOCCOCCOCCNC(=O)OC(C)(C)C)C[C@H](OC(C)=O)[C@@H](NC(C)=O)[C@H]([C@H](OC(C)=O)[C@@H](CNC(=O)c2cccc(Cl)c2)OC(C)=O)O1. The van der Waals surface area contributed by atoms with Gasteiger partial charge in [0.2, 0.25) is 5.91 Å². The Morgan fingerprint density at radius 3 is 1.89 bits per heavy atom. The first-order chi connectivity index (χ1) is 34.2. The number of unbranched alkanes of at least 4 members (excludes halogenated alkanes) is 3. The molecule has 0 bridgehead atoms. The maximum absolute atomic E-state index is 13.7. The first-order valence-electron chi connectivity index (χ1n) is 23.6. The van der Waals surface area contributed by atoms with Crippen molar-refractivity contribution in [1.29, 1.82) is 0 Å². The Kier molecular flexibility index (Phi) is 29.7. The van der Waals surface area contributed by atoms with Gasteiger partial charge in [0, 0.05) is 51.4 Å². The number of rotatable bonds is 33. The smallest absolute Gasteiger partial charge is 0.407 e. The van der Waals surface area contributed by atoms with Gasteiger partial charge in [0.1, 0.15) is 24.4 Å². The largest absolute Gasteiger partial charge is 0.465 e. The monoisotopic (exact) mass is 1050 g/mol. The zero-order valence-corrected chi connectivity index (χ0v) is 43.2. The minimum absolute atomic E-state index is 0.0287. The number of hydrogen-bond donors (Lipinski definition) is 4. The van der Waals surface area contributed by atoms with Crippen molar-refractivity contribution in [3.63, 3.8) is 0 Å². The average Bonchev–Trinajstić information content (AvgIpc) is 3.29. The highest BCUT2D eigenvalue weighted by atomic mass is 35.5. The van der Waals surface area contributed by atoms with E-state index in [4.69, 9.17) is 68.4 Å². The summed E-state index contributed by atoms with van der Waals surface area (Å²) in [5, 5.41) is 10.8. The van der Waals surface area contributed by atoms with Crippen molar-refractivity contribution in [2.75, 3.05) is 92.8 Å². The highest BCUT2D eigenvalue weighted by Crippen LogP contribution is 2.37. The third-order valence-electron chi connectivity index (χ3n) is 9.76. The average molecular weight is 1050 g/mol. The molecule has 4 N–H and O–H groups in total. The molecule has 0 radical (unpaired) electrons. The molecule has 1 saturated heterocycles. The van der Waals surface area contributed by atoms with Gasteiger partial charge in [-0.15, -0.1) is 0 Å². The van der Waals surface area contributed by atoms with Gasteiger partial charge in [-0.05, 0) is 51.8 Å². The lowest BCUT2D eigenvalue weighted by atomic mass is 9.87. The van der Waals surface area contributed by atoms with Gasteiger partial charge < -0.3 is 78.1 Å². The molecule has 0 aromatic heterocycles. The normalized spacial score (nSPS) is 18.3. The van der Waals surface area contributed by atoms with E-state index >= 15 is 0 Å². The summed E-state index contributed by atoms with van der Waals surface area (Å²) in [5.74, 6) is -7.21. The Labute approximate surface area is 425 Å². The predicted octanol–water partition coefficient (Wildman–Crippen LogP) is 2.92. The topological polar surface area (TPSA) is 295 Å². The van der Waals surface area contributed by atoms with Crippen molar-refractivity contribution in [3.8, 4) is 0 Å². The minimum Gasteiger partial charge on any atom is -0.465 e. The predicted molar refractivity (Wildman–Crippen MR) is 254 cm³/mol. The quantitative estimate of drug-likeness (QED) is 0.0447. The van der Waals surface area contributed by atoms with Gasteiger partial charge in [0.05, 0.1) is 85.6 Å². The molecule has 2 rings (SSSR count). The molecule has 0 unspecified atom stereocenters. The number of nitrogens with one attached hydrogen (secondary N) is 4. The molecule has 1 aliphatic heterocycles. The van der Waals surface area contributed by atoms with Crippen molar-refractivity contribution in [1.82, 2.24) is 21.3 Å². The molecule has 6 atom stereocenters. The van der Waals surface area contributed by atoms with Crippen LogP contribution in [-0.4, -0.2) is 183 Å². The van der Waals surface area contributed by atoms with E-state index < -0.39 is 103 Å². The Morgan fingerprint density at radius 2 is 1.32 bits per heavy atom. The maximum Gasteiger partial charge on any atom is 0.407 e. The summed E-state index contributed by atoms with van der Waals surface area (Å²) in [6.45, 7) is 12.4. The van der Waals surface area contributed by atoms with Gasteiger partial charge >= 0.3 is 36.1 Å². The maximum atomic E-state index is 13.7. The number of hydrogen-bond acceptors (Lipinski definition) is 20. The number of amides is 4. The fraction of sp³-hybridized carbons (Fsp3) is 0.702. The van der Waals surface area contributed by atoms with E-state index in [9.17, 15) is 38.4 Å². The van der Waals surface area contributed by atoms with Crippen molar-refractivity contribution in [2.45, 2.75) is 122 Å². The van der Waals surface area contributed by atoms with E-state index in [1.165, 1.54) is 19.1 Å². The molecule has 24 nitrogen and oxygen atoms in total. The first-order valence-corrected chi connectivity index (χ1v) is 23.9.